The number of nitrogens with zero attached hydrogens (tertiary/aromatic N) is 2. The number of rotatable bonds is 5. The summed E-state index contributed by atoms with van der Waals surface area (Å²) >= 11 is 0. The highest BCUT2D eigenvalue weighted by Crippen LogP contribution is 2.39. The molecule has 0 aromatic heterocycles. The summed E-state index contributed by atoms with van der Waals surface area (Å²) in [6, 6.07) is 15.0. The SMILES string of the molecule is CN(C)CCN1C(=O)[C@H](c2ccccc2)Oc2ccc(CO)cc21. The maximum absolute atomic E-state index is 13.0. The zero-order valence-electron chi connectivity index (χ0n) is 14.0. The van der Waals surface area contributed by atoms with E-state index in [1.165, 1.54) is 0 Å². The predicted octanol–water partition coefficient (Wildman–Crippen LogP) is 2.21. The first-order chi connectivity index (χ1) is 11.6. The van der Waals surface area contributed by atoms with Crippen LogP contribution in [0, 0.1) is 0 Å². The second-order valence-electron chi connectivity index (χ2n) is 6.16. The van der Waals surface area contributed by atoms with Crippen LogP contribution in [-0.4, -0.2) is 43.1 Å². The lowest BCUT2D eigenvalue weighted by atomic mass is 10.0. The quantitative estimate of drug-likeness (QED) is 0.915. The van der Waals surface area contributed by atoms with Crippen LogP contribution in [0.1, 0.15) is 17.2 Å². The Bertz CT molecular complexity index is 716. The number of hydrogen-bond donors (Lipinski definition) is 1. The Kier molecular flexibility index (Phi) is 4.83. The topological polar surface area (TPSA) is 53.0 Å². The number of aliphatic hydroxyl groups excluding tert-OH is 1. The molecular weight excluding hydrogens is 304 g/mol. The lowest BCUT2D eigenvalue weighted by Gasteiger charge is -2.35. The molecule has 2 aromatic rings. The van der Waals surface area contributed by atoms with Gasteiger partial charge in [-0.2, -0.15) is 0 Å². The van der Waals surface area contributed by atoms with Crippen molar-refractivity contribution in [3.05, 3.63) is 59.7 Å². The summed E-state index contributed by atoms with van der Waals surface area (Å²) in [7, 11) is 3.95. The molecule has 1 N–H and O–H groups in total. The van der Waals surface area contributed by atoms with E-state index in [1.807, 2.05) is 67.5 Å². The zero-order chi connectivity index (χ0) is 17.1. The van der Waals surface area contributed by atoms with Crippen molar-refractivity contribution in [2.24, 2.45) is 0 Å². The minimum atomic E-state index is -0.638. The summed E-state index contributed by atoms with van der Waals surface area (Å²) in [6.45, 7) is 1.25. The van der Waals surface area contributed by atoms with Gasteiger partial charge in [-0.3, -0.25) is 4.79 Å². The van der Waals surface area contributed by atoms with Crippen LogP contribution in [0.25, 0.3) is 0 Å². The molecule has 0 unspecified atom stereocenters. The van der Waals surface area contributed by atoms with Crippen LogP contribution in [-0.2, 0) is 11.4 Å². The number of anilines is 1. The summed E-state index contributed by atoms with van der Waals surface area (Å²) < 4.78 is 5.98. The molecule has 1 aliphatic heterocycles. The van der Waals surface area contributed by atoms with Crippen LogP contribution in [0.15, 0.2) is 48.5 Å². The van der Waals surface area contributed by atoms with Crippen LogP contribution in [0.3, 0.4) is 0 Å². The number of aliphatic hydroxyl groups is 1. The molecule has 2 aromatic carbocycles. The first kappa shape index (κ1) is 16.5. The number of benzene rings is 2. The van der Waals surface area contributed by atoms with Gasteiger partial charge in [0.05, 0.1) is 12.3 Å². The van der Waals surface area contributed by atoms with Gasteiger partial charge in [-0.25, -0.2) is 0 Å². The average molecular weight is 326 g/mol. The number of amides is 1. The Hall–Kier alpha value is -2.37. The molecule has 1 heterocycles. The van der Waals surface area contributed by atoms with E-state index in [-0.39, 0.29) is 12.5 Å². The second kappa shape index (κ2) is 7.03. The highest BCUT2D eigenvalue weighted by molar-refractivity contribution is 6.00. The van der Waals surface area contributed by atoms with Crippen molar-refractivity contribution >= 4 is 11.6 Å². The Labute approximate surface area is 142 Å². The number of likely N-dealkylation sites (N-methyl/N-ethyl adjacent to an activating group) is 1. The van der Waals surface area contributed by atoms with E-state index in [9.17, 15) is 9.90 Å². The number of hydrogen-bond acceptors (Lipinski definition) is 4. The lowest BCUT2D eigenvalue weighted by Crippen LogP contribution is -2.44. The Morgan fingerprint density at radius 1 is 1.17 bits per heavy atom. The van der Waals surface area contributed by atoms with Gasteiger partial charge in [0.15, 0.2) is 0 Å². The predicted molar refractivity (Wildman–Crippen MR) is 93.1 cm³/mol. The van der Waals surface area contributed by atoms with Gasteiger partial charge in [0.25, 0.3) is 5.91 Å². The second-order valence-corrected chi connectivity index (χ2v) is 6.16. The molecule has 0 saturated heterocycles. The Morgan fingerprint density at radius 3 is 2.58 bits per heavy atom. The summed E-state index contributed by atoms with van der Waals surface area (Å²) in [5.74, 6) is 0.588. The fourth-order valence-corrected chi connectivity index (χ4v) is 2.78. The molecule has 5 heteroatoms. The maximum atomic E-state index is 13.0. The monoisotopic (exact) mass is 326 g/mol. The maximum Gasteiger partial charge on any atom is 0.272 e. The molecule has 1 amide bonds. The smallest absolute Gasteiger partial charge is 0.272 e. The molecule has 0 spiro atoms. The van der Waals surface area contributed by atoms with E-state index in [0.29, 0.717) is 12.3 Å². The largest absolute Gasteiger partial charge is 0.474 e. The van der Waals surface area contributed by atoms with E-state index in [2.05, 4.69) is 0 Å². The van der Waals surface area contributed by atoms with Crippen molar-refractivity contribution in [2.45, 2.75) is 12.7 Å². The molecule has 5 nitrogen and oxygen atoms in total. The first-order valence-corrected chi connectivity index (χ1v) is 8.01. The van der Waals surface area contributed by atoms with Crippen molar-refractivity contribution in [3.8, 4) is 5.75 Å². The summed E-state index contributed by atoms with van der Waals surface area (Å²) in [5, 5.41) is 9.39. The van der Waals surface area contributed by atoms with Gasteiger partial charge >= 0.3 is 0 Å². The summed E-state index contributed by atoms with van der Waals surface area (Å²) in [5.41, 5.74) is 2.33. The molecule has 1 atom stereocenters. The zero-order valence-corrected chi connectivity index (χ0v) is 14.0. The molecule has 0 fully saturated rings. The molecular formula is C19H22N2O3. The minimum Gasteiger partial charge on any atom is -0.474 e. The molecule has 3 rings (SSSR count). The van der Waals surface area contributed by atoms with Gasteiger partial charge in [0.1, 0.15) is 5.75 Å². The van der Waals surface area contributed by atoms with Crippen molar-refractivity contribution in [3.63, 3.8) is 0 Å². The standard InChI is InChI=1S/C19H22N2O3/c1-20(2)10-11-21-16-12-14(13-22)8-9-17(16)24-18(19(21)23)15-6-4-3-5-7-15/h3-9,12,18,22H,10-11,13H2,1-2H3/t18-/m0/s1. The van der Waals surface area contributed by atoms with Gasteiger partial charge < -0.3 is 19.6 Å². The molecule has 0 saturated carbocycles. The summed E-state index contributed by atoms with van der Waals surface area (Å²) in [4.78, 5) is 16.8. The van der Waals surface area contributed by atoms with E-state index < -0.39 is 6.10 Å². The number of fused-ring (bicyclic) bond motifs is 1. The average Bonchev–Trinajstić information content (AvgIpc) is 2.60. The van der Waals surface area contributed by atoms with Crippen LogP contribution in [0.4, 0.5) is 5.69 Å². The van der Waals surface area contributed by atoms with Gasteiger partial charge in [-0.15, -0.1) is 0 Å². The molecule has 24 heavy (non-hydrogen) atoms. The molecule has 126 valence electrons. The number of ether oxygens (including phenoxy) is 1. The van der Waals surface area contributed by atoms with Crippen molar-refractivity contribution in [1.29, 1.82) is 0 Å². The van der Waals surface area contributed by atoms with Crippen LogP contribution in [0.2, 0.25) is 0 Å². The summed E-state index contributed by atoms with van der Waals surface area (Å²) in [6.07, 6.45) is -0.638. The third-order valence-corrected chi connectivity index (χ3v) is 4.11. The van der Waals surface area contributed by atoms with Gasteiger partial charge in [-0.05, 0) is 31.8 Å². The number of carbonyl (C=O) groups excluding carboxylic acids is 1. The molecule has 1 aliphatic rings. The molecule has 0 aliphatic carbocycles. The van der Waals surface area contributed by atoms with E-state index in [0.717, 1.165) is 23.4 Å². The van der Waals surface area contributed by atoms with E-state index in [1.54, 1.807) is 4.90 Å². The van der Waals surface area contributed by atoms with Gasteiger partial charge in [0.2, 0.25) is 6.10 Å². The third kappa shape index (κ3) is 3.27. The van der Waals surface area contributed by atoms with Crippen molar-refractivity contribution < 1.29 is 14.6 Å². The van der Waals surface area contributed by atoms with Crippen LogP contribution < -0.4 is 9.64 Å². The number of carbonyl (C=O) groups is 1. The lowest BCUT2D eigenvalue weighted by molar-refractivity contribution is -0.126. The van der Waals surface area contributed by atoms with Gasteiger partial charge in [-0.1, -0.05) is 36.4 Å². The van der Waals surface area contributed by atoms with Crippen LogP contribution in [0.5, 0.6) is 5.75 Å². The first-order valence-electron chi connectivity index (χ1n) is 8.01. The minimum absolute atomic E-state index is 0.0644. The third-order valence-electron chi connectivity index (χ3n) is 4.11. The Balaban J connectivity index is 1.99. The molecule has 0 radical (unpaired) electrons. The highest BCUT2D eigenvalue weighted by atomic mass is 16.5. The fourth-order valence-electron chi connectivity index (χ4n) is 2.78. The van der Waals surface area contributed by atoms with Crippen molar-refractivity contribution in [1.82, 2.24) is 4.90 Å². The van der Waals surface area contributed by atoms with Crippen molar-refractivity contribution in [2.75, 3.05) is 32.1 Å². The molecule has 0 bridgehead atoms. The van der Waals surface area contributed by atoms with E-state index >= 15 is 0 Å². The van der Waals surface area contributed by atoms with E-state index in [4.69, 9.17) is 4.74 Å². The normalized spacial score (nSPS) is 16.9. The Morgan fingerprint density at radius 2 is 1.92 bits per heavy atom. The fraction of sp³-hybridized carbons (Fsp3) is 0.316. The van der Waals surface area contributed by atoms with Gasteiger partial charge in [0, 0.05) is 18.7 Å². The highest BCUT2D eigenvalue weighted by Gasteiger charge is 2.35. The van der Waals surface area contributed by atoms with Crippen LogP contribution >= 0.6 is 0 Å².